The summed E-state index contributed by atoms with van der Waals surface area (Å²) in [7, 11) is 0. The van der Waals surface area contributed by atoms with Crippen LogP contribution < -0.4 is 0 Å². The molecule has 0 aliphatic heterocycles. The SMILES string of the molecule is CCCCCCCCOC(=O)C(C)(C)C.O=C(O)c1ccccc1. The van der Waals surface area contributed by atoms with Crippen LogP contribution in [0.3, 0.4) is 0 Å². The fourth-order valence-electron chi connectivity index (χ4n) is 1.84. The number of unbranched alkanes of at least 4 members (excludes halogenated alkanes) is 5. The molecule has 0 aliphatic carbocycles. The number of rotatable bonds is 8. The summed E-state index contributed by atoms with van der Waals surface area (Å²) in [4.78, 5) is 21.6. The minimum absolute atomic E-state index is 0.0870. The van der Waals surface area contributed by atoms with E-state index in [0.717, 1.165) is 6.42 Å². The molecule has 0 radical (unpaired) electrons. The molecular formula is C20H32O4. The zero-order valence-corrected chi connectivity index (χ0v) is 15.5. The number of ether oxygens (including phenoxy) is 1. The van der Waals surface area contributed by atoms with Crippen LogP contribution >= 0.6 is 0 Å². The van der Waals surface area contributed by atoms with E-state index in [0.29, 0.717) is 12.2 Å². The van der Waals surface area contributed by atoms with Crippen LogP contribution in [0.2, 0.25) is 0 Å². The molecule has 0 spiro atoms. The van der Waals surface area contributed by atoms with Gasteiger partial charge in [0.25, 0.3) is 0 Å². The Hall–Kier alpha value is -1.84. The van der Waals surface area contributed by atoms with Gasteiger partial charge in [0.05, 0.1) is 17.6 Å². The molecule has 0 unspecified atom stereocenters. The lowest BCUT2D eigenvalue weighted by molar-refractivity contribution is -0.153. The highest BCUT2D eigenvalue weighted by Gasteiger charge is 2.22. The van der Waals surface area contributed by atoms with E-state index in [-0.39, 0.29) is 11.4 Å². The normalized spacial score (nSPS) is 10.5. The van der Waals surface area contributed by atoms with E-state index < -0.39 is 5.97 Å². The molecule has 1 aromatic rings. The van der Waals surface area contributed by atoms with Crippen molar-refractivity contribution in [2.45, 2.75) is 66.2 Å². The second kappa shape index (κ2) is 12.6. The van der Waals surface area contributed by atoms with Gasteiger partial charge in [0.2, 0.25) is 0 Å². The Labute approximate surface area is 146 Å². The number of benzene rings is 1. The van der Waals surface area contributed by atoms with Gasteiger partial charge < -0.3 is 9.84 Å². The lowest BCUT2D eigenvalue weighted by Crippen LogP contribution is -2.23. The molecule has 1 rings (SSSR count). The number of carbonyl (C=O) groups excluding carboxylic acids is 1. The summed E-state index contributed by atoms with van der Waals surface area (Å²) in [5, 5.41) is 8.38. The van der Waals surface area contributed by atoms with Gasteiger partial charge in [-0.1, -0.05) is 57.2 Å². The van der Waals surface area contributed by atoms with Crippen LogP contribution in [-0.2, 0) is 9.53 Å². The monoisotopic (exact) mass is 336 g/mol. The van der Waals surface area contributed by atoms with Crippen molar-refractivity contribution in [1.29, 1.82) is 0 Å². The Morgan fingerprint density at radius 2 is 1.50 bits per heavy atom. The maximum atomic E-state index is 11.4. The Morgan fingerprint density at radius 3 is 1.96 bits per heavy atom. The lowest BCUT2D eigenvalue weighted by Gasteiger charge is -2.16. The molecule has 0 fully saturated rings. The maximum Gasteiger partial charge on any atom is 0.335 e. The van der Waals surface area contributed by atoms with Gasteiger partial charge in [-0.3, -0.25) is 4.79 Å². The minimum Gasteiger partial charge on any atom is -0.478 e. The molecule has 1 N–H and O–H groups in total. The van der Waals surface area contributed by atoms with Crippen molar-refractivity contribution in [1.82, 2.24) is 0 Å². The third-order valence-corrected chi connectivity index (χ3v) is 3.36. The molecular weight excluding hydrogens is 304 g/mol. The van der Waals surface area contributed by atoms with Crippen LogP contribution in [0.1, 0.15) is 76.6 Å². The number of hydrogen-bond donors (Lipinski definition) is 1. The van der Waals surface area contributed by atoms with E-state index in [1.165, 1.54) is 32.1 Å². The molecule has 0 atom stereocenters. The Kier molecular flexibility index (Phi) is 11.6. The van der Waals surface area contributed by atoms with Gasteiger partial charge in [0.1, 0.15) is 0 Å². The maximum absolute atomic E-state index is 11.4. The predicted molar refractivity (Wildman–Crippen MR) is 97.2 cm³/mol. The van der Waals surface area contributed by atoms with Crippen molar-refractivity contribution in [3.05, 3.63) is 35.9 Å². The third-order valence-electron chi connectivity index (χ3n) is 3.36. The summed E-state index contributed by atoms with van der Waals surface area (Å²) < 4.78 is 5.17. The average Bonchev–Trinajstić information content (AvgIpc) is 2.54. The number of hydrogen-bond acceptors (Lipinski definition) is 3. The van der Waals surface area contributed by atoms with Gasteiger partial charge in [0, 0.05) is 0 Å². The Morgan fingerprint density at radius 1 is 0.958 bits per heavy atom. The highest BCUT2D eigenvalue weighted by molar-refractivity contribution is 5.87. The van der Waals surface area contributed by atoms with Crippen molar-refractivity contribution in [2.75, 3.05) is 6.61 Å². The van der Waals surface area contributed by atoms with Crippen molar-refractivity contribution < 1.29 is 19.4 Å². The first-order valence-electron chi connectivity index (χ1n) is 8.74. The molecule has 0 saturated carbocycles. The summed E-state index contributed by atoms with van der Waals surface area (Å²) >= 11 is 0. The molecule has 0 heterocycles. The van der Waals surface area contributed by atoms with Crippen LogP contribution in [0.5, 0.6) is 0 Å². The zero-order chi connectivity index (χ0) is 18.4. The van der Waals surface area contributed by atoms with Gasteiger partial charge in [-0.05, 0) is 39.3 Å². The zero-order valence-electron chi connectivity index (χ0n) is 15.5. The van der Waals surface area contributed by atoms with Gasteiger partial charge >= 0.3 is 11.9 Å². The quantitative estimate of drug-likeness (QED) is 0.515. The first kappa shape index (κ1) is 22.2. The summed E-state index contributed by atoms with van der Waals surface area (Å²) in [6.45, 7) is 8.46. The van der Waals surface area contributed by atoms with Gasteiger partial charge in [-0.15, -0.1) is 0 Å². The molecule has 4 heteroatoms. The van der Waals surface area contributed by atoms with Crippen LogP contribution in [0, 0.1) is 5.41 Å². The predicted octanol–water partition coefficient (Wildman–Crippen LogP) is 5.32. The summed E-state index contributed by atoms with van der Waals surface area (Å²) in [5.74, 6) is -0.966. The number of aromatic carboxylic acids is 1. The summed E-state index contributed by atoms with van der Waals surface area (Å²) in [6.07, 6.45) is 7.36. The average molecular weight is 336 g/mol. The fourth-order valence-corrected chi connectivity index (χ4v) is 1.84. The second-order valence-corrected chi connectivity index (χ2v) is 6.82. The smallest absolute Gasteiger partial charge is 0.335 e. The number of esters is 1. The molecule has 0 aromatic heterocycles. The summed E-state index contributed by atoms with van der Waals surface area (Å²) in [5.41, 5.74) is -0.0279. The minimum atomic E-state index is -0.879. The largest absolute Gasteiger partial charge is 0.478 e. The van der Waals surface area contributed by atoms with Gasteiger partial charge in [-0.2, -0.15) is 0 Å². The highest BCUT2D eigenvalue weighted by atomic mass is 16.5. The van der Waals surface area contributed by atoms with Gasteiger partial charge in [0.15, 0.2) is 0 Å². The fraction of sp³-hybridized carbons (Fsp3) is 0.600. The third kappa shape index (κ3) is 11.7. The van der Waals surface area contributed by atoms with Crippen molar-refractivity contribution in [3.63, 3.8) is 0 Å². The number of carboxylic acids is 1. The molecule has 1 aromatic carbocycles. The molecule has 0 aliphatic rings. The standard InChI is InChI=1S/C13H26O2.C7H6O2/c1-5-6-7-8-9-10-11-15-12(14)13(2,3)4;8-7(9)6-4-2-1-3-5-6/h5-11H2,1-4H3;1-5H,(H,8,9). The lowest BCUT2D eigenvalue weighted by atomic mass is 9.97. The molecule has 24 heavy (non-hydrogen) atoms. The molecule has 0 saturated heterocycles. The molecule has 4 nitrogen and oxygen atoms in total. The van der Waals surface area contributed by atoms with Crippen molar-refractivity contribution >= 4 is 11.9 Å². The second-order valence-electron chi connectivity index (χ2n) is 6.82. The summed E-state index contributed by atoms with van der Waals surface area (Å²) in [6, 6.07) is 8.30. The molecule has 0 bridgehead atoms. The van der Waals surface area contributed by atoms with E-state index >= 15 is 0 Å². The van der Waals surface area contributed by atoms with Crippen LogP contribution in [0.25, 0.3) is 0 Å². The Balaban J connectivity index is 0.000000496. The Bertz CT molecular complexity index is 460. The van der Waals surface area contributed by atoms with Crippen LogP contribution in [0.15, 0.2) is 30.3 Å². The van der Waals surface area contributed by atoms with Crippen LogP contribution in [-0.4, -0.2) is 23.7 Å². The van der Waals surface area contributed by atoms with E-state index in [1.54, 1.807) is 30.3 Å². The molecule has 0 amide bonds. The van der Waals surface area contributed by atoms with Crippen molar-refractivity contribution in [3.8, 4) is 0 Å². The van der Waals surface area contributed by atoms with Crippen molar-refractivity contribution in [2.24, 2.45) is 5.41 Å². The van der Waals surface area contributed by atoms with Gasteiger partial charge in [-0.25, -0.2) is 4.79 Å². The highest BCUT2D eigenvalue weighted by Crippen LogP contribution is 2.15. The van der Waals surface area contributed by atoms with E-state index in [9.17, 15) is 9.59 Å². The van der Waals surface area contributed by atoms with Crippen LogP contribution in [0.4, 0.5) is 0 Å². The van der Waals surface area contributed by atoms with E-state index in [1.807, 2.05) is 20.8 Å². The molecule has 136 valence electrons. The van der Waals surface area contributed by atoms with E-state index in [2.05, 4.69) is 6.92 Å². The topological polar surface area (TPSA) is 63.6 Å². The van der Waals surface area contributed by atoms with E-state index in [4.69, 9.17) is 9.84 Å². The first-order valence-corrected chi connectivity index (χ1v) is 8.74. The number of carboxylic acid groups (broad SMARTS) is 1. The number of carbonyl (C=O) groups is 2. The first-order chi connectivity index (χ1) is 11.3.